The summed E-state index contributed by atoms with van der Waals surface area (Å²) in [7, 11) is 0. The van der Waals surface area contributed by atoms with Gasteiger partial charge in [-0.1, -0.05) is 11.6 Å². The van der Waals surface area contributed by atoms with Crippen LogP contribution in [0.3, 0.4) is 0 Å². The van der Waals surface area contributed by atoms with Crippen LogP contribution in [0.15, 0.2) is 6.20 Å². The van der Waals surface area contributed by atoms with Gasteiger partial charge in [0.15, 0.2) is 5.82 Å². The molecule has 7 heteroatoms. The first kappa shape index (κ1) is 12.9. The molecule has 3 N–H and O–H groups in total. The summed E-state index contributed by atoms with van der Waals surface area (Å²) in [4.78, 5) is 19.4. The molecule has 0 radical (unpaired) electrons. The number of amides is 1. The van der Waals surface area contributed by atoms with Crippen LogP contribution < -0.4 is 16.0 Å². The fraction of sp³-hybridized carbons (Fsp3) is 0.545. The van der Waals surface area contributed by atoms with Gasteiger partial charge in [0.1, 0.15) is 5.02 Å². The zero-order valence-electron chi connectivity index (χ0n) is 10.2. The van der Waals surface area contributed by atoms with Crippen molar-refractivity contribution in [3.05, 3.63) is 11.2 Å². The third kappa shape index (κ3) is 3.22. The highest BCUT2D eigenvalue weighted by Crippen LogP contribution is 2.21. The van der Waals surface area contributed by atoms with Crippen LogP contribution in [0.2, 0.25) is 5.02 Å². The highest BCUT2D eigenvalue weighted by Gasteiger charge is 2.19. The zero-order valence-corrected chi connectivity index (χ0v) is 10.9. The van der Waals surface area contributed by atoms with Crippen molar-refractivity contribution in [1.29, 1.82) is 0 Å². The fourth-order valence-corrected chi connectivity index (χ4v) is 1.91. The molecule has 0 aliphatic carbocycles. The lowest BCUT2D eigenvalue weighted by Crippen LogP contribution is -2.42. The van der Waals surface area contributed by atoms with E-state index in [-0.39, 0.29) is 11.9 Å². The van der Waals surface area contributed by atoms with Crippen molar-refractivity contribution < 1.29 is 4.79 Å². The Morgan fingerprint density at radius 3 is 3.11 bits per heavy atom. The van der Waals surface area contributed by atoms with Gasteiger partial charge in [-0.3, -0.25) is 4.79 Å². The summed E-state index contributed by atoms with van der Waals surface area (Å²) in [5.41, 5.74) is 0. The Labute approximate surface area is 111 Å². The lowest BCUT2D eigenvalue weighted by Gasteiger charge is -2.24. The van der Waals surface area contributed by atoms with Gasteiger partial charge < -0.3 is 16.0 Å². The number of carbonyl (C=O) groups is 1. The molecule has 1 aliphatic rings. The number of hydrogen-bond acceptors (Lipinski definition) is 5. The van der Waals surface area contributed by atoms with Crippen molar-refractivity contribution in [1.82, 2.24) is 15.3 Å². The average molecular weight is 270 g/mol. The molecule has 0 saturated carbocycles. The molecular weight excluding hydrogens is 254 g/mol. The maximum Gasteiger partial charge on any atom is 0.224 e. The topological polar surface area (TPSA) is 78.9 Å². The second-order valence-electron chi connectivity index (χ2n) is 4.10. The minimum absolute atomic E-state index is 0.0928. The predicted molar refractivity (Wildman–Crippen MR) is 70.9 cm³/mol. The van der Waals surface area contributed by atoms with Crippen molar-refractivity contribution in [3.63, 3.8) is 0 Å². The van der Waals surface area contributed by atoms with E-state index in [2.05, 4.69) is 25.9 Å². The van der Waals surface area contributed by atoms with Crippen LogP contribution in [0.1, 0.15) is 19.8 Å². The number of anilines is 2. The van der Waals surface area contributed by atoms with Gasteiger partial charge in [-0.25, -0.2) is 4.98 Å². The Kier molecular flexibility index (Phi) is 4.19. The number of piperidine rings is 1. The van der Waals surface area contributed by atoms with E-state index in [0.29, 0.717) is 29.8 Å². The SMILES string of the molecule is CCNc1ncc(Cl)c(NC2CCC(=O)NC2)n1. The first-order chi connectivity index (χ1) is 8.69. The van der Waals surface area contributed by atoms with Crippen molar-refractivity contribution in [2.75, 3.05) is 23.7 Å². The van der Waals surface area contributed by atoms with E-state index in [1.54, 1.807) is 6.20 Å². The van der Waals surface area contributed by atoms with Crippen LogP contribution in [0, 0.1) is 0 Å². The predicted octanol–water partition coefficient (Wildman–Crippen LogP) is 1.25. The van der Waals surface area contributed by atoms with E-state index < -0.39 is 0 Å². The molecule has 1 saturated heterocycles. The molecular formula is C11H16ClN5O. The Hall–Kier alpha value is -1.56. The van der Waals surface area contributed by atoms with E-state index >= 15 is 0 Å². The normalized spacial score (nSPS) is 19.2. The van der Waals surface area contributed by atoms with Gasteiger partial charge in [-0.15, -0.1) is 0 Å². The summed E-state index contributed by atoms with van der Waals surface area (Å²) in [6, 6.07) is 0.157. The van der Waals surface area contributed by atoms with E-state index in [0.717, 1.165) is 13.0 Å². The second-order valence-corrected chi connectivity index (χ2v) is 4.51. The fourth-order valence-electron chi connectivity index (χ4n) is 1.76. The average Bonchev–Trinajstić information content (AvgIpc) is 2.36. The molecule has 1 aromatic heterocycles. The number of hydrogen-bond donors (Lipinski definition) is 3. The maximum absolute atomic E-state index is 11.1. The van der Waals surface area contributed by atoms with Crippen molar-refractivity contribution in [2.45, 2.75) is 25.8 Å². The van der Waals surface area contributed by atoms with Crippen LogP contribution >= 0.6 is 11.6 Å². The Morgan fingerprint density at radius 1 is 1.61 bits per heavy atom. The summed E-state index contributed by atoms with van der Waals surface area (Å²) in [5, 5.41) is 9.55. The first-order valence-electron chi connectivity index (χ1n) is 5.98. The van der Waals surface area contributed by atoms with Gasteiger partial charge in [-0.2, -0.15) is 4.98 Å². The summed E-state index contributed by atoms with van der Waals surface area (Å²) < 4.78 is 0. The van der Waals surface area contributed by atoms with Gasteiger partial charge in [0.25, 0.3) is 0 Å². The largest absolute Gasteiger partial charge is 0.364 e. The first-order valence-corrected chi connectivity index (χ1v) is 6.36. The van der Waals surface area contributed by atoms with Crippen molar-refractivity contribution >= 4 is 29.3 Å². The number of halogens is 1. The van der Waals surface area contributed by atoms with Crippen LogP contribution in [0.4, 0.5) is 11.8 Å². The number of carbonyl (C=O) groups excluding carboxylic acids is 1. The summed E-state index contributed by atoms with van der Waals surface area (Å²) in [5.74, 6) is 1.24. The van der Waals surface area contributed by atoms with Crippen molar-refractivity contribution in [3.8, 4) is 0 Å². The van der Waals surface area contributed by atoms with Gasteiger partial charge >= 0.3 is 0 Å². The molecule has 1 amide bonds. The van der Waals surface area contributed by atoms with E-state index in [4.69, 9.17) is 11.6 Å². The standard InChI is InChI=1S/C11H16ClN5O/c1-2-13-11-15-6-8(12)10(17-11)16-7-3-4-9(18)14-5-7/h6-7H,2-5H2,1H3,(H,14,18)(H2,13,15,16,17). The van der Waals surface area contributed by atoms with Gasteiger partial charge in [0, 0.05) is 25.6 Å². The van der Waals surface area contributed by atoms with Crippen LogP contribution in [-0.4, -0.2) is 35.0 Å². The third-order valence-electron chi connectivity index (χ3n) is 2.69. The molecule has 0 spiro atoms. The molecule has 1 unspecified atom stereocenters. The monoisotopic (exact) mass is 269 g/mol. The van der Waals surface area contributed by atoms with Crippen LogP contribution in [-0.2, 0) is 4.79 Å². The minimum Gasteiger partial charge on any atom is -0.364 e. The van der Waals surface area contributed by atoms with E-state index in [9.17, 15) is 4.79 Å². The van der Waals surface area contributed by atoms with Gasteiger partial charge in [0.05, 0.1) is 6.20 Å². The van der Waals surface area contributed by atoms with Gasteiger partial charge in [0.2, 0.25) is 11.9 Å². The van der Waals surface area contributed by atoms with E-state index in [1.807, 2.05) is 6.92 Å². The number of nitrogens with zero attached hydrogens (tertiary/aromatic N) is 2. The van der Waals surface area contributed by atoms with E-state index in [1.165, 1.54) is 0 Å². The molecule has 1 aliphatic heterocycles. The maximum atomic E-state index is 11.1. The Balaban J connectivity index is 2.03. The smallest absolute Gasteiger partial charge is 0.224 e. The Bertz CT molecular complexity index is 429. The molecule has 98 valence electrons. The molecule has 1 aromatic rings. The molecule has 2 rings (SSSR count). The summed E-state index contributed by atoms with van der Waals surface area (Å²) in [6.45, 7) is 3.32. The highest BCUT2D eigenvalue weighted by atomic mass is 35.5. The molecule has 0 aromatic carbocycles. The zero-order chi connectivity index (χ0) is 13.0. The molecule has 6 nitrogen and oxygen atoms in total. The number of rotatable bonds is 4. The highest BCUT2D eigenvalue weighted by molar-refractivity contribution is 6.32. The molecule has 1 atom stereocenters. The second kappa shape index (κ2) is 5.86. The molecule has 1 fully saturated rings. The number of nitrogens with one attached hydrogen (secondary N) is 3. The molecule has 18 heavy (non-hydrogen) atoms. The van der Waals surface area contributed by atoms with Crippen LogP contribution in [0.5, 0.6) is 0 Å². The lowest BCUT2D eigenvalue weighted by molar-refractivity contribution is -0.122. The number of aromatic nitrogens is 2. The molecule has 0 bridgehead atoms. The Morgan fingerprint density at radius 2 is 2.44 bits per heavy atom. The van der Waals surface area contributed by atoms with Crippen molar-refractivity contribution in [2.24, 2.45) is 0 Å². The quantitative estimate of drug-likeness (QED) is 0.767. The summed E-state index contributed by atoms with van der Waals surface area (Å²) in [6.07, 6.45) is 2.87. The summed E-state index contributed by atoms with van der Waals surface area (Å²) >= 11 is 6.04. The minimum atomic E-state index is 0.0928. The van der Waals surface area contributed by atoms with Crippen LogP contribution in [0.25, 0.3) is 0 Å². The lowest BCUT2D eigenvalue weighted by atomic mass is 10.1. The molecule has 2 heterocycles. The van der Waals surface area contributed by atoms with Gasteiger partial charge in [-0.05, 0) is 13.3 Å². The third-order valence-corrected chi connectivity index (χ3v) is 2.96.